The summed E-state index contributed by atoms with van der Waals surface area (Å²) in [6.07, 6.45) is 0.413. The number of pyridine rings is 1. The summed E-state index contributed by atoms with van der Waals surface area (Å²) >= 11 is 0. The molecule has 27 heavy (non-hydrogen) atoms. The molecule has 0 unspecified atom stereocenters. The molecule has 0 spiro atoms. The van der Waals surface area contributed by atoms with Crippen LogP contribution in [0.4, 0.5) is 4.39 Å². The number of H-pyrrole nitrogens is 1. The molecule has 6 nitrogen and oxygen atoms in total. The van der Waals surface area contributed by atoms with Crippen LogP contribution in [0, 0.1) is 5.82 Å². The monoisotopic (exact) mass is 366 g/mol. The number of aromatic amines is 1. The molecule has 1 aliphatic rings. The van der Waals surface area contributed by atoms with Crippen molar-refractivity contribution in [1.82, 2.24) is 9.88 Å². The summed E-state index contributed by atoms with van der Waals surface area (Å²) in [7, 11) is 0. The van der Waals surface area contributed by atoms with Gasteiger partial charge in [-0.15, -0.1) is 0 Å². The zero-order chi connectivity index (χ0) is 19.0. The number of ether oxygens (including phenoxy) is 1. The van der Waals surface area contributed by atoms with Crippen LogP contribution in [0.1, 0.15) is 27.1 Å². The van der Waals surface area contributed by atoms with Gasteiger partial charge in [0.25, 0.3) is 11.8 Å². The first-order valence-electron chi connectivity index (χ1n) is 8.45. The van der Waals surface area contributed by atoms with Crippen molar-refractivity contribution >= 4 is 22.7 Å². The number of halogens is 1. The summed E-state index contributed by atoms with van der Waals surface area (Å²) in [5, 5.41) is 0.518. The zero-order valence-corrected chi connectivity index (χ0v) is 14.2. The molecule has 0 bridgehead atoms. The Bertz CT molecular complexity index is 1090. The van der Waals surface area contributed by atoms with Gasteiger partial charge in [0.05, 0.1) is 23.3 Å². The van der Waals surface area contributed by atoms with Crippen LogP contribution >= 0.6 is 0 Å². The summed E-state index contributed by atoms with van der Waals surface area (Å²) in [6.45, 7) is 0.428. The zero-order valence-electron chi connectivity index (χ0n) is 14.2. The fraction of sp³-hybridized carbons (Fsp3) is 0.150. The van der Waals surface area contributed by atoms with Gasteiger partial charge in [-0.3, -0.25) is 19.3 Å². The number of fused-ring (bicyclic) bond motifs is 2. The Hall–Kier alpha value is -3.48. The molecule has 1 aliphatic heterocycles. The lowest BCUT2D eigenvalue weighted by molar-refractivity contribution is 0.0647. The normalized spacial score (nSPS) is 13.3. The fourth-order valence-electron chi connectivity index (χ4n) is 3.13. The molecule has 0 aliphatic carbocycles. The molecule has 1 N–H and O–H groups in total. The molecule has 0 fully saturated rings. The van der Waals surface area contributed by atoms with E-state index >= 15 is 0 Å². The number of rotatable bonds is 5. The van der Waals surface area contributed by atoms with E-state index in [-0.39, 0.29) is 36.0 Å². The molecule has 2 aromatic carbocycles. The maximum atomic E-state index is 14.1. The Morgan fingerprint density at radius 1 is 0.963 bits per heavy atom. The minimum absolute atomic E-state index is 0.126. The summed E-state index contributed by atoms with van der Waals surface area (Å²) in [5.74, 6) is -0.887. The SMILES string of the molecule is O=C1c2ccccc2C(=O)N1CCCOc1cc(F)c2[nH]c(=O)ccc2c1. The number of hydrogen-bond acceptors (Lipinski definition) is 4. The molecule has 0 atom stereocenters. The molecule has 2 heterocycles. The lowest BCUT2D eigenvalue weighted by atomic mass is 10.1. The van der Waals surface area contributed by atoms with E-state index in [9.17, 15) is 18.8 Å². The minimum atomic E-state index is -0.583. The van der Waals surface area contributed by atoms with E-state index in [2.05, 4.69) is 4.98 Å². The number of carbonyl (C=O) groups excluding carboxylic acids is 2. The Morgan fingerprint density at radius 3 is 2.37 bits per heavy atom. The number of nitrogens with zero attached hydrogens (tertiary/aromatic N) is 1. The van der Waals surface area contributed by atoms with Crippen molar-refractivity contribution < 1.29 is 18.7 Å². The van der Waals surface area contributed by atoms with E-state index in [0.29, 0.717) is 28.7 Å². The summed E-state index contributed by atoms with van der Waals surface area (Å²) in [5.41, 5.74) is 0.569. The predicted molar refractivity (Wildman–Crippen MR) is 96.4 cm³/mol. The van der Waals surface area contributed by atoms with Crippen molar-refractivity contribution in [3.63, 3.8) is 0 Å². The highest BCUT2D eigenvalue weighted by Gasteiger charge is 2.34. The molecule has 1 aromatic heterocycles. The second-order valence-electron chi connectivity index (χ2n) is 6.20. The van der Waals surface area contributed by atoms with Crippen molar-refractivity contribution in [2.45, 2.75) is 6.42 Å². The average Bonchev–Trinajstić information content (AvgIpc) is 2.91. The van der Waals surface area contributed by atoms with Gasteiger partial charge in [0.1, 0.15) is 5.75 Å². The number of amides is 2. The molecular weight excluding hydrogens is 351 g/mol. The maximum absolute atomic E-state index is 14.1. The number of nitrogens with one attached hydrogen (secondary N) is 1. The summed E-state index contributed by atoms with van der Waals surface area (Å²) in [4.78, 5) is 39.5. The summed E-state index contributed by atoms with van der Waals surface area (Å²) < 4.78 is 19.6. The van der Waals surface area contributed by atoms with Gasteiger partial charge in [-0.2, -0.15) is 0 Å². The molecule has 136 valence electrons. The lowest BCUT2D eigenvalue weighted by Crippen LogP contribution is -2.31. The third kappa shape index (κ3) is 3.08. The summed E-state index contributed by atoms with van der Waals surface area (Å²) in [6, 6.07) is 12.4. The van der Waals surface area contributed by atoms with Gasteiger partial charge in [0.15, 0.2) is 5.82 Å². The van der Waals surface area contributed by atoms with Gasteiger partial charge < -0.3 is 9.72 Å². The van der Waals surface area contributed by atoms with Crippen LogP contribution in [-0.4, -0.2) is 34.8 Å². The van der Waals surface area contributed by atoms with E-state index in [1.54, 1.807) is 30.3 Å². The number of benzene rings is 2. The van der Waals surface area contributed by atoms with Crippen molar-refractivity contribution in [3.05, 3.63) is 75.8 Å². The smallest absolute Gasteiger partial charge is 0.261 e. The number of aromatic nitrogens is 1. The maximum Gasteiger partial charge on any atom is 0.261 e. The Balaban J connectivity index is 1.39. The van der Waals surface area contributed by atoms with Crippen LogP contribution in [-0.2, 0) is 0 Å². The quantitative estimate of drug-likeness (QED) is 0.556. The number of hydrogen-bond donors (Lipinski definition) is 1. The molecule has 0 saturated heterocycles. The second-order valence-corrected chi connectivity index (χ2v) is 6.20. The largest absolute Gasteiger partial charge is 0.493 e. The number of imide groups is 1. The van der Waals surface area contributed by atoms with E-state index in [1.807, 2.05) is 0 Å². The van der Waals surface area contributed by atoms with Gasteiger partial charge in [-0.1, -0.05) is 12.1 Å². The predicted octanol–water partition coefficient (Wildman–Crippen LogP) is 2.73. The van der Waals surface area contributed by atoms with Crippen LogP contribution in [0.2, 0.25) is 0 Å². The first kappa shape index (κ1) is 17.0. The molecule has 0 saturated carbocycles. The molecule has 0 radical (unpaired) electrons. The van der Waals surface area contributed by atoms with Crippen molar-refractivity contribution in [2.75, 3.05) is 13.2 Å². The van der Waals surface area contributed by atoms with Crippen LogP contribution in [0.25, 0.3) is 10.9 Å². The highest BCUT2D eigenvalue weighted by Crippen LogP contribution is 2.24. The Kier molecular flexibility index (Phi) is 4.19. The lowest BCUT2D eigenvalue weighted by Gasteiger charge is -2.14. The Morgan fingerprint density at radius 2 is 1.67 bits per heavy atom. The first-order chi connectivity index (χ1) is 13.0. The minimum Gasteiger partial charge on any atom is -0.493 e. The molecule has 3 aromatic rings. The second kappa shape index (κ2) is 6.68. The van der Waals surface area contributed by atoms with E-state index in [1.165, 1.54) is 23.1 Å². The van der Waals surface area contributed by atoms with Crippen LogP contribution in [0.15, 0.2) is 53.3 Å². The number of carbonyl (C=O) groups is 2. The van der Waals surface area contributed by atoms with Gasteiger partial charge in [0, 0.05) is 24.1 Å². The fourth-order valence-corrected chi connectivity index (χ4v) is 3.13. The van der Waals surface area contributed by atoms with E-state index < -0.39 is 5.82 Å². The Labute approximate surface area is 153 Å². The topological polar surface area (TPSA) is 79.5 Å². The van der Waals surface area contributed by atoms with Crippen molar-refractivity contribution in [1.29, 1.82) is 0 Å². The van der Waals surface area contributed by atoms with Gasteiger partial charge in [-0.05, 0) is 30.7 Å². The van der Waals surface area contributed by atoms with Gasteiger partial charge in [0.2, 0.25) is 5.56 Å². The van der Waals surface area contributed by atoms with Crippen LogP contribution in [0.5, 0.6) is 5.75 Å². The molecular formula is C20H15FN2O4. The standard InChI is InChI=1S/C20H15FN2O4/c21-16-11-13(10-12-6-7-17(24)22-18(12)16)27-9-3-8-23-19(25)14-4-1-2-5-15(14)20(23)26/h1-2,4-7,10-11H,3,8-9H2,(H,22,24). The van der Waals surface area contributed by atoms with Crippen LogP contribution < -0.4 is 10.3 Å². The first-order valence-corrected chi connectivity index (χ1v) is 8.45. The third-order valence-corrected chi connectivity index (χ3v) is 4.43. The molecule has 2 amide bonds. The van der Waals surface area contributed by atoms with Gasteiger partial charge >= 0.3 is 0 Å². The highest BCUT2D eigenvalue weighted by molar-refractivity contribution is 6.21. The van der Waals surface area contributed by atoms with Crippen molar-refractivity contribution in [2.24, 2.45) is 0 Å². The van der Waals surface area contributed by atoms with Gasteiger partial charge in [-0.25, -0.2) is 4.39 Å². The molecule has 4 rings (SSSR count). The van der Waals surface area contributed by atoms with E-state index in [4.69, 9.17) is 4.74 Å². The third-order valence-electron chi connectivity index (χ3n) is 4.43. The highest BCUT2D eigenvalue weighted by atomic mass is 19.1. The molecule has 7 heteroatoms. The van der Waals surface area contributed by atoms with Crippen LogP contribution in [0.3, 0.4) is 0 Å². The average molecular weight is 366 g/mol. The van der Waals surface area contributed by atoms with E-state index in [0.717, 1.165) is 0 Å². The van der Waals surface area contributed by atoms with Crippen molar-refractivity contribution in [3.8, 4) is 5.75 Å².